The molecule has 0 spiro atoms. The predicted octanol–water partition coefficient (Wildman–Crippen LogP) is 0.669. The molecule has 0 saturated carbocycles. The maximum absolute atomic E-state index is 12.4. The number of nitrogens with one attached hydrogen (secondary N) is 1. The number of carbonyl (C=O) groups excluding carboxylic acids is 2. The van der Waals surface area contributed by atoms with E-state index in [1.54, 1.807) is 25.1 Å². The first-order valence-electron chi connectivity index (χ1n) is 6.62. The molecule has 20 heavy (non-hydrogen) atoms. The lowest BCUT2D eigenvalue weighted by atomic mass is 9.96. The number of furan rings is 1. The van der Waals surface area contributed by atoms with Gasteiger partial charge in [-0.15, -0.1) is 0 Å². The van der Waals surface area contributed by atoms with Crippen molar-refractivity contribution in [3.63, 3.8) is 0 Å². The molecule has 6 heteroatoms. The van der Waals surface area contributed by atoms with Gasteiger partial charge in [0, 0.05) is 38.7 Å². The second kappa shape index (κ2) is 6.09. The molecule has 2 amide bonds. The van der Waals surface area contributed by atoms with Gasteiger partial charge in [0.15, 0.2) is 5.76 Å². The molecule has 0 aliphatic carbocycles. The van der Waals surface area contributed by atoms with E-state index in [0.29, 0.717) is 25.5 Å². The van der Waals surface area contributed by atoms with Gasteiger partial charge in [-0.05, 0) is 13.0 Å². The van der Waals surface area contributed by atoms with Crippen LogP contribution in [0.3, 0.4) is 0 Å². The van der Waals surface area contributed by atoms with Crippen molar-refractivity contribution in [1.82, 2.24) is 10.2 Å². The Labute approximate surface area is 118 Å². The summed E-state index contributed by atoms with van der Waals surface area (Å²) in [5.41, 5.74) is 0.807. The average molecular weight is 280 g/mol. The molecule has 0 bridgehead atoms. The number of rotatable bonds is 4. The minimum atomic E-state index is -0.237. The number of hydrogen-bond acceptors (Lipinski definition) is 4. The highest BCUT2D eigenvalue weighted by Crippen LogP contribution is 2.26. The molecule has 2 rings (SSSR count). The standard InChI is InChI=1S/C14H20N2O4/c1-9-4-5-20-12(9)14(18)16-6-10(8-19-3)11(7-16)13(17)15-2/h4-5,10-11H,6-8H2,1-3H3,(H,15,17)/t10-,11+/m0/s1. The molecule has 2 heterocycles. The van der Waals surface area contributed by atoms with E-state index in [1.165, 1.54) is 6.26 Å². The SMILES string of the molecule is CNC(=O)[C@@H]1CN(C(=O)c2occc2C)C[C@H]1COC. The van der Waals surface area contributed by atoms with Crippen molar-refractivity contribution in [2.75, 3.05) is 33.9 Å². The number of aryl methyl sites for hydroxylation is 1. The highest BCUT2D eigenvalue weighted by atomic mass is 16.5. The van der Waals surface area contributed by atoms with Gasteiger partial charge < -0.3 is 19.4 Å². The van der Waals surface area contributed by atoms with E-state index in [1.807, 2.05) is 6.92 Å². The summed E-state index contributed by atoms with van der Waals surface area (Å²) in [6.45, 7) is 3.19. The van der Waals surface area contributed by atoms with Crippen LogP contribution in [0.1, 0.15) is 16.1 Å². The minimum absolute atomic E-state index is 0.0131. The first kappa shape index (κ1) is 14.6. The van der Waals surface area contributed by atoms with Crippen molar-refractivity contribution in [3.8, 4) is 0 Å². The number of likely N-dealkylation sites (tertiary alicyclic amines) is 1. The number of hydrogen-bond donors (Lipinski definition) is 1. The van der Waals surface area contributed by atoms with Crippen LogP contribution in [0.2, 0.25) is 0 Å². The Kier molecular flexibility index (Phi) is 4.44. The van der Waals surface area contributed by atoms with Crippen molar-refractivity contribution in [3.05, 3.63) is 23.7 Å². The number of carbonyl (C=O) groups is 2. The third kappa shape index (κ3) is 2.70. The third-order valence-electron chi connectivity index (χ3n) is 3.75. The van der Waals surface area contributed by atoms with Crippen LogP contribution in [-0.4, -0.2) is 50.6 Å². The zero-order valence-corrected chi connectivity index (χ0v) is 12.0. The molecular weight excluding hydrogens is 260 g/mol. The molecule has 110 valence electrons. The monoisotopic (exact) mass is 280 g/mol. The summed E-state index contributed by atoms with van der Waals surface area (Å²) in [6, 6.07) is 1.76. The highest BCUT2D eigenvalue weighted by Gasteiger charge is 2.40. The molecule has 0 radical (unpaired) electrons. The summed E-state index contributed by atoms with van der Waals surface area (Å²) < 4.78 is 10.4. The van der Waals surface area contributed by atoms with Gasteiger partial charge in [-0.3, -0.25) is 9.59 Å². The van der Waals surface area contributed by atoms with Gasteiger partial charge in [0.05, 0.1) is 18.8 Å². The molecule has 1 aromatic rings. The molecule has 6 nitrogen and oxygen atoms in total. The van der Waals surface area contributed by atoms with Crippen molar-refractivity contribution in [1.29, 1.82) is 0 Å². The Morgan fingerprint density at radius 1 is 1.50 bits per heavy atom. The van der Waals surface area contributed by atoms with Gasteiger partial charge in [-0.2, -0.15) is 0 Å². The zero-order valence-electron chi connectivity index (χ0n) is 12.0. The maximum atomic E-state index is 12.4. The lowest BCUT2D eigenvalue weighted by Crippen LogP contribution is -2.34. The van der Waals surface area contributed by atoms with Gasteiger partial charge in [-0.1, -0.05) is 0 Å². The number of amides is 2. The summed E-state index contributed by atoms with van der Waals surface area (Å²) in [5.74, 6) is -0.101. The van der Waals surface area contributed by atoms with Crippen LogP contribution in [0.5, 0.6) is 0 Å². The van der Waals surface area contributed by atoms with Crippen molar-refractivity contribution >= 4 is 11.8 Å². The summed E-state index contributed by atoms with van der Waals surface area (Å²) in [5, 5.41) is 2.65. The van der Waals surface area contributed by atoms with Crippen LogP contribution < -0.4 is 5.32 Å². The maximum Gasteiger partial charge on any atom is 0.289 e. The van der Waals surface area contributed by atoms with Crippen molar-refractivity contribution < 1.29 is 18.7 Å². The molecular formula is C14H20N2O4. The van der Waals surface area contributed by atoms with Crippen molar-refractivity contribution in [2.24, 2.45) is 11.8 Å². The van der Waals surface area contributed by atoms with Gasteiger partial charge in [0.2, 0.25) is 5.91 Å². The lowest BCUT2D eigenvalue weighted by molar-refractivity contribution is -0.125. The Balaban J connectivity index is 2.13. The summed E-state index contributed by atoms with van der Waals surface area (Å²) >= 11 is 0. The fourth-order valence-electron chi connectivity index (χ4n) is 2.64. The molecule has 1 aromatic heterocycles. The van der Waals surface area contributed by atoms with Crippen LogP contribution in [0.25, 0.3) is 0 Å². The second-order valence-corrected chi connectivity index (χ2v) is 5.08. The normalized spacial score (nSPS) is 22.1. The van der Waals surface area contributed by atoms with E-state index in [2.05, 4.69) is 5.32 Å². The van der Waals surface area contributed by atoms with E-state index >= 15 is 0 Å². The average Bonchev–Trinajstić information content (AvgIpc) is 3.04. The summed E-state index contributed by atoms with van der Waals surface area (Å²) in [7, 11) is 3.20. The first-order valence-corrected chi connectivity index (χ1v) is 6.62. The molecule has 0 unspecified atom stereocenters. The quantitative estimate of drug-likeness (QED) is 0.880. The van der Waals surface area contributed by atoms with Gasteiger partial charge >= 0.3 is 0 Å². The van der Waals surface area contributed by atoms with Crippen LogP contribution in [0.4, 0.5) is 0 Å². The smallest absolute Gasteiger partial charge is 0.289 e. The van der Waals surface area contributed by atoms with Gasteiger partial charge in [-0.25, -0.2) is 0 Å². The molecule has 1 N–H and O–H groups in total. The Morgan fingerprint density at radius 3 is 2.80 bits per heavy atom. The van der Waals surface area contributed by atoms with Crippen LogP contribution in [0, 0.1) is 18.8 Å². The Bertz CT molecular complexity index is 497. The fourth-order valence-corrected chi connectivity index (χ4v) is 2.64. The predicted molar refractivity (Wildman–Crippen MR) is 72.3 cm³/mol. The van der Waals surface area contributed by atoms with Crippen LogP contribution >= 0.6 is 0 Å². The molecule has 1 aliphatic heterocycles. The molecule has 1 aliphatic rings. The van der Waals surface area contributed by atoms with E-state index < -0.39 is 0 Å². The number of nitrogens with zero attached hydrogens (tertiary/aromatic N) is 1. The summed E-state index contributed by atoms with van der Waals surface area (Å²) in [6.07, 6.45) is 1.50. The fraction of sp³-hybridized carbons (Fsp3) is 0.571. The minimum Gasteiger partial charge on any atom is -0.459 e. The zero-order chi connectivity index (χ0) is 14.7. The van der Waals surface area contributed by atoms with Gasteiger partial charge in [0.25, 0.3) is 5.91 Å². The van der Waals surface area contributed by atoms with Crippen LogP contribution in [-0.2, 0) is 9.53 Å². The van der Waals surface area contributed by atoms with E-state index in [0.717, 1.165) is 5.56 Å². The molecule has 1 fully saturated rings. The van der Waals surface area contributed by atoms with Crippen LogP contribution in [0.15, 0.2) is 16.7 Å². The van der Waals surface area contributed by atoms with Crippen molar-refractivity contribution in [2.45, 2.75) is 6.92 Å². The van der Waals surface area contributed by atoms with E-state index in [9.17, 15) is 9.59 Å². The first-order chi connectivity index (χ1) is 9.58. The Morgan fingerprint density at radius 2 is 2.25 bits per heavy atom. The summed E-state index contributed by atoms with van der Waals surface area (Å²) in [4.78, 5) is 25.9. The largest absolute Gasteiger partial charge is 0.459 e. The molecule has 2 atom stereocenters. The third-order valence-corrected chi connectivity index (χ3v) is 3.75. The molecule has 1 saturated heterocycles. The van der Waals surface area contributed by atoms with Gasteiger partial charge in [0.1, 0.15) is 0 Å². The van der Waals surface area contributed by atoms with E-state index in [4.69, 9.17) is 9.15 Å². The second-order valence-electron chi connectivity index (χ2n) is 5.08. The topological polar surface area (TPSA) is 71.8 Å². The number of ether oxygens (including phenoxy) is 1. The number of methoxy groups -OCH3 is 1. The lowest BCUT2D eigenvalue weighted by Gasteiger charge is -2.15. The Hall–Kier alpha value is -1.82. The highest BCUT2D eigenvalue weighted by molar-refractivity contribution is 5.93. The molecule has 0 aromatic carbocycles. The van der Waals surface area contributed by atoms with E-state index in [-0.39, 0.29) is 23.7 Å².